The van der Waals surface area contributed by atoms with Gasteiger partial charge in [-0.1, -0.05) is 12.1 Å². The quantitative estimate of drug-likeness (QED) is 0.287. The topological polar surface area (TPSA) is 35.5 Å². The second-order valence-electron chi connectivity index (χ2n) is 3.22. The number of alkyl halides is 1. The number of esters is 1. The normalized spacial score (nSPS) is 11.8. The smallest absolute Gasteiger partial charge is 0.374 e. The van der Waals surface area contributed by atoms with E-state index in [1.165, 1.54) is 0 Å². The monoisotopic (exact) mass is 440 g/mol. The Labute approximate surface area is 131 Å². The van der Waals surface area contributed by atoms with Gasteiger partial charge in [0, 0.05) is 14.5 Å². The van der Waals surface area contributed by atoms with Crippen molar-refractivity contribution in [3.8, 4) is 0 Å². The summed E-state index contributed by atoms with van der Waals surface area (Å²) in [7, 11) is 0. The van der Waals surface area contributed by atoms with Gasteiger partial charge in [0.05, 0.1) is 6.61 Å². The van der Waals surface area contributed by atoms with Crippen molar-refractivity contribution in [1.29, 1.82) is 0 Å². The molecule has 0 heterocycles. The number of hydrogen-bond acceptors (Lipinski definition) is 3. The van der Waals surface area contributed by atoms with Gasteiger partial charge in [0.25, 0.3) is 0 Å². The van der Waals surface area contributed by atoms with Crippen molar-refractivity contribution in [3.63, 3.8) is 0 Å². The molecule has 0 saturated heterocycles. The first-order valence-electron chi connectivity index (χ1n) is 5.08. The molecule has 0 aliphatic heterocycles. The van der Waals surface area contributed by atoms with Crippen LogP contribution in [0.3, 0.4) is 0 Å². The van der Waals surface area contributed by atoms with Crippen molar-refractivity contribution in [3.05, 3.63) is 45.0 Å². The van der Waals surface area contributed by atoms with Gasteiger partial charge in [-0.15, -0.1) is 0 Å². The summed E-state index contributed by atoms with van der Waals surface area (Å²) in [6.07, 6.45) is 0. The average molecular weight is 443 g/mol. The van der Waals surface area contributed by atoms with Crippen molar-refractivity contribution < 1.29 is 14.3 Å². The molecule has 1 aromatic carbocycles. The number of halogens is 3. The molecule has 0 spiro atoms. The number of rotatable bonds is 5. The van der Waals surface area contributed by atoms with Crippen molar-refractivity contribution in [2.24, 2.45) is 0 Å². The summed E-state index contributed by atoms with van der Waals surface area (Å²) in [5.41, 5.74) is 0.794. The number of carbonyl (C=O) groups is 1. The van der Waals surface area contributed by atoms with E-state index in [1.54, 1.807) is 6.92 Å². The molecule has 1 atom stereocenters. The van der Waals surface area contributed by atoms with Crippen LogP contribution in [0.25, 0.3) is 0 Å². The molecule has 1 rings (SSSR count). The van der Waals surface area contributed by atoms with Gasteiger partial charge in [0.2, 0.25) is 0 Å². The highest BCUT2D eigenvalue weighted by Crippen LogP contribution is 2.35. The fraction of sp³-hybridized carbons (Fsp3) is 0.250. The summed E-state index contributed by atoms with van der Waals surface area (Å²) in [6, 6.07) is 5.57. The summed E-state index contributed by atoms with van der Waals surface area (Å²) in [5.74, 6) is -0.598. The molecule has 0 fully saturated rings. The lowest BCUT2D eigenvalue weighted by Crippen LogP contribution is -2.11. The summed E-state index contributed by atoms with van der Waals surface area (Å²) in [4.78, 5) is 11.6. The van der Waals surface area contributed by atoms with Crippen LogP contribution in [-0.4, -0.2) is 12.6 Å². The van der Waals surface area contributed by atoms with Crippen LogP contribution in [0.15, 0.2) is 39.5 Å². The highest BCUT2D eigenvalue weighted by atomic mass is 79.9. The average Bonchev–Trinajstić information content (AvgIpc) is 2.32. The van der Waals surface area contributed by atoms with Gasteiger partial charge in [-0.25, -0.2) is 4.79 Å². The van der Waals surface area contributed by atoms with Crippen LogP contribution in [0.2, 0.25) is 0 Å². The Balaban J connectivity index is 2.76. The van der Waals surface area contributed by atoms with Gasteiger partial charge in [-0.05, 0) is 67.4 Å². The minimum Gasteiger partial charge on any atom is -0.487 e. The van der Waals surface area contributed by atoms with E-state index in [-0.39, 0.29) is 5.76 Å². The highest BCUT2D eigenvalue weighted by Gasteiger charge is 2.19. The van der Waals surface area contributed by atoms with E-state index in [9.17, 15) is 4.79 Å². The number of ether oxygens (including phenoxy) is 2. The third kappa shape index (κ3) is 4.10. The van der Waals surface area contributed by atoms with Crippen molar-refractivity contribution in [2.75, 3.05) is 6.61 Å². The molecular formula is C12H11Br3O3. The minimum atomic E-state index is -0.592. The Morgan fingerprint density at radius 3 is 2.72 bits per heavy atom. The lowest BCUT2D eigenvalue weighted by Gasteiger charge is -2.15. The van der Waals surface area contributed by atoms with Crippen LogP contribution in [0.1, 0.15) is 17.5 Å². The van der Waals surface area contributed by atoms with Crippen LogP contribution < -0.4 is 0 Å². The van der Waals surface area contributed by atoms with Gasteiger partial charge in [-0.3, -0.25) is 0 Å². The second kappa shape index (κ2) is 7.31. The van der Waals surface area contributed by atoms with E-state index in [1.807, 2.05) is 18.2 Å². The first kappa shape index (κ1) is 15.7. The third-order valence-corrected chi connectivity index (χ3v) is 4.74. The molecule has 0 bridgehead atoms. The van der Waals surface area contributed by atoms with E-state index in [0.717, 1.165) is 14.5 Å². The number of benzene rings is 1. The van der Waals surface area contributed by atoms with E-state index >= 15 is 0 Å². The van der Waals surface area contributed by atoms with E-state index in [4.69, 9.17) is 9.47 Å². The summed E-state index contributed by atoms with van der Waals surface area (Å²) >= 11 is 10.1. The van der Waals surface area contributed by atoms with Gasteiger partial charge < -0.3 is 9.47 Å². The Hall–Kier alpha value is -0.330. The van der Waals surface area contributed by atoms with Gasteiger partial charge in [-0.2, -0.15) is 0 Å². The molecule has 1 unspecified atom stereocenters. The van der Waals surface area contributed by atoms with Crippen LogP contribution >= 0.6 is 47.8 Å². The van der Waals surface area contributed by atoms with Crippen LogP contribution in [0.5, 0.6) is 0 Å². The van der Waals surface area contributed by atoms with Crippen molar-refractivity contribution in [1.82, 2.24) is 0 Å². The Bertz CT molecular complexity index is 460. The van der Waals surface area contributed by atoms with Gasteiger partial charge in [0.15, 0.2) is 10.8 Å². The molecule has 1 aromatic rings. The van der Waals surface area contributed by atoms with Crippen molar-refractivity contribution in [2.45, 2.75) is 11.9 Å². The standard InChI is InChI=1S/C12H11Br3O3/c1-3-17-7(2)12(16)18-11(15)8-5-4-6-9(13)10(8)14/h4-6,11H,2-3H2,1H3. The fourth-order valence-electron chi connectivity index (χ4n) is 1.15. The predicted molar refractivity (Wildman–Crippen MR) is 80.4 cm³/mol. The molecule has 0 amide bonds. The number of hydrogen-bond donors (Lipinski definition) is 0. The third-order valence-electron chi connectivity index (χ3n) is 1.98. The Morgan fingerprint density at radius 1 is 1.44 bits per heavy atom. The van der Waals surface area contributed by atoms with E-state index in [0.29, 0.717) is 6.61 Å². The molecule has 6 heteroatoms. The molecule has 0 aliphatic rings. The zero-order valence-corrected chi connectivity index (χ0v) is 14.3. The number of carbonyl (C=O) groups excluding carboxylic acids is 1. The minimum absolute atomic E-state index is 0.00642. The first-order chi connectivity index (χ1) is 8.47. The molecule has 0 N–H and O–H groups in total. The maximum Gasteiger partial charge on any atom is 0.374 e. The summed E-state index contributed by atoms with van der Waals surface area (Å²) < 4.78 is 11.9. The van der Waals surface area contributed by atoms with Crippen LogP contribution in [0.4, 0.5) is 0 Å². The molecule has 0 aromatic heterocycles. The van der Waals surface area contributed by atoms with Gasteiger partial charge in [0.1, 0.15) is 0 Å². The molecule has 18 heavy (non-hydrogen) atoms. The molecule has 3 nitrogen and oxygen atoms in total. The zero-order chi connectivity index (χ0) is 13.7. The molecule has 0 radical (unpaired) electrons. The molecular weight excluding hydrogens is 432 g/mol. The maximum atomic E-state index is 11.6. The van der Waals surface area contributed by atoms with Crippen molar-refractivity contribution >= 4 is 53.8 Å². The highest BCUT2D eigenvalue weighted by molar-refractivity contribution is 9.13. The van der Waals surface area contributed by atoms with E-state index < -0.39 is 11.0 Å². The lowest BCUT2D eigenvalue weighted by molar-refractivity contribution is -0.144. The largest absolute Gasteiger partial charge is 0.487 e. The zero-order valence-electron chi connectivity index (χ0n) is 9.58. The second-order valence-corrected chi connectivity index (χ2v) is 5.70. The Morgan fingerprint density at radius 2 is 2.11 bits per heavy atom. The predicted octanol–water partition coefficient (Wildman–Crippen LogP) is 4.70. The SMILES string of the molecule is C=C(OCC)C(=O)OC(Br)c1cccc(Br)c1Br. The first-order valence-corrected chi connectivity index (χ1v) is 7.58. The summed E-state index contributed by atoms with van der Waals surface area (Å²) in [6.45, 7) is 5.64. The fourth-order valence-corrected chi connectivity index (χ4v) is 2.86. The lowest BCUT2D eigenvalue weighted by atomic mass is 10.2. The Kier molecular flexibility index (Phi) is 6.38. The van der Waals surface area contributed by atoms with Crippen LogP contribution in [0, 0.1) is 0 Å². The molecule has 98 valence electrons. The summed E-state index contributed by atoms with van der Waals surface area (Å²) in [5, 5.41) is -0.575. The van der Waals surface area contributed by atoms with Gasteiger partial charge >= 0.3 is 5.97 Å². The van der Waals surface area contributed by atoms with E-state index in [2.05, 4.69) is 54.4 Å². The molecule has 0 saturated carbocycles. The van der Waals surface area contributed by atoms with Crippen LogP contribution in [-0.2, 0) is 14.3 Å². The molecule has 0 aliphatic carbocycles. The maximum absolute atomic E-state index is 11.6.